The average molecular weight is 155 g/mol. The molecule has 0 aliphatic carbocycles. The highest BCUT2D eigenvalue weighted by molar-refractivity contribution is 4.80. The van der Waals surface area contributed by atoms with Crippen LogP contribution in [0.4, 0.5) is 0 Å². The first-order chi connectivity index (χ1) is 5.24. The third kappa shape index (κ3) is 2.46. The van der Waals surface area contributed by atoms with Gasteiger partial charge in [-0.2, -0.15) is 0 Å². The topological polar surface area (TPSA) is 6.48 Å². The third-order valence-corrected chi connectivity index (χ3v) is 2.45. The zero-order valence-corrected chi connectivity index (χ0v) is 7.71. The van der Waals surface area contributed by atoms with Gasteiger partial charge in [0.2, 0.25) is 0 Å². The van der Waals surface area contributed by atoms with E-state index in [1.807, 2.05) is 0 Å². The van der Waals surface area contributed by atoms with Gasteiger partial charge in [-0.15, -0.1) is 0 Å². The van der Waals surface area contributed by atoms with Crippen LogP contribution >= 0.6 is 0 Å². The quantitative estimate of drug-likeness (QED) is 0.596. The summed E-state index contributed by atoms with van der Waals surface area (Å²) in [4.78, 5) is 4.82. The SMILES string of the molecule is [CH2]CCN1CCC(N(C)C)C1. The molecule has 1 atom stereocenters. The predicted octanol–water partition coefficient (Wildman–Crippen LogP) is 0.846. The summed E-state index contributed by atoms with van der Waals surface area (Å²) in [5, 5.41) is 0. The lowest BCUT2D eigenvalue weighted by molar-refractivity contribution is 0.271. The van der Waals surface area contributed by atoms with Crippen molar-refractivity contribution in [1.29, 1.82) is 0 Å². The molecule has 2 heteroatoms. The Morgan fingerprint density at radius 3 is 2.73 bits per heavy atom. The van der Waals surface area contributed by atoms with Gasteiger partial charge in [0, 0.05) is 12.6 Å². The largest absolute Gasteiger partial charge is 0.305 e. The monoisotopic (exact) mass is 155 g/mol. The molecule has 1 heterocycles. The molecule has 0 aromatic heterocycles. The minimum Gasteiger partial charge on any atom is -0.305 e. The van der Waals surface area contributed by atoms with E-state index < -0.39 is 0 Å². The lowest BCUT2D eigenvalue weighted by atomic mass is 10.2. The van der Waals surface area contributed by atoms with Gasteiger partial charge in [0.05, 0.1) is 0 Å². The first-order valence-corrected chi connectivity index (χ1v) is 4.42. The van der Waals surface area contributed by atoms with E-state index in [4.69, 9.17) is 0 Å². The number of likely N-dealkylation sites (tertiary alicyclic amines) is 1. The smallest absolute Gasteiger partial charge is 0.0229 e. The van der Waals surface area contributed by atoms with Crippen LogP contribution in [0.15, 0.2) is 0 Å². The molecule has 0 saturated carbocycles. The second-order valence-electron chi connectivity index (χ2n) is 3.56. The molecule has 0 amide bonds. The van der Waals surface area contributed by atoms with Gasteiger partial charge < -0.3 is 9.80 Å². The third-order valence-electron chi connectivity index (χ3n) is 2.45. The molecule has 2 nitrogen and oxygen atoms in total. The van der Waals surface area contributed by atoms with Gasteiger partial charge in [0.25, 0.3) is 0 Å². The molecule has 1 rings (SSSR count). The van der Waals surface area contributed by atoms with E-state index in [1.165, 1.54) is 26.1 Å². The van der Waals surface area contributed by atoms with E-state index in [2.05, 4.69) is 30.8 Å². The number of hydrogen-bond acceptors (Lipinski definition) is 2. The Hall–Kier alpha value is -0.0800. The van der Waals surface area contributed by atoms with Gasteiger partial charge in [-0.1, -0.05) is 6.92 Å². The lowest BCUT2D eigenvalue weighted by Crippen LogP contribution is -2.31. The summed E-state index contributed by atoms with van der Waals surface area (Å²) in [5.74, 6) is 0. The normalized spacial score (nSPS) is 26.7. The molecule has 1 fully saturated rings. The van der Waals surface area contributed by atoms with Gasteiger partial charge in [-0.3, -0.25) is 0 Å². The zero-order valence-electron chi connectivity index (χ0n) is 7.71. The van der Waals surface area contributed by atoms with Crippen LogP contribution in [0.3, 0.4) is 0 Å². The van der Waals surface area contributed by atoms with Crippen molar-refractivity contribution in [3.05, 3.63) is 6.92 Å². The van der Waals surface area contributed by atoms with Crippen molar-refractivity contribution >= 4 is 0 Å². The van der Waals surface area contributed by atoms with Crippen molar-refractivity contribution in [2.24, 2.45) is 0 Å². The van der Waals surface area contributed by atoms with E-state index in [-0.39, 0.29) is 0 Å². The van der Waals surface area contributed by atoms with E-state index in [1.54, 1.807) is 0 Å². The van der Waals surface area contributed by atoms with E-state index in [0.717, 1.165) is 12.5 Å². The van der Waals surface area contributed by atoms with Crippen molar-refractivity contribution in [1.82, 2.24) is 9.80 Å². The Morgan fingerprint density at radius 2 is 2.27 bits per heavy atom. The van der Waals surface area contributed by atoms with Gasteiger partial charge in [0.15, 0.2) is 0 Å². The van der Waals surface area contributed by atoms with Crippen LogP contribution in [0.25, 0.3) is 0 Å². The Balaban J connectivity index is 2.23. The molecule has 1 aliphatic heterocycles. The highest BCUT2D eigenvalue weighted by Gasteiger charge is 2.22. The minimum absolute atomic E-state index is 0.779. The summed E-state index contributed by atoms with van der Waals surface area (Å²) in [6.07, 6.45) is 2.37. The summed E-state index contributed by atoms with van der Waals surface area (Å²) < 4.78 is 0. The lowest BCUT2D eigenvalue weighted by Gasteiger charge is -2.19. The summed E-state index contributed by atoms with van der Waals surface area (Å²) in [6, 6.07) is 0.779. The van der Waals surface area contributed by atoms with E-state index >= 15 is 0 Å². The Kier molecular flexibility index (Phi) is 3.34. The standard InChI is InChI=1S/C9H19N2/c1-4-6-11-7-5-9(8-11)10(2)3/h9H,1,4-8H2,2-3H3. The molecule has 1 saturated heterocycles. The van der Waals surface area contributed by atoms with Crippen LogP contribution < -0.4 is 0 Å². The Bertz CT molecular complexity index is 112. The van der Waals surface area contributed by atoms with E-state index in [0.29, 0.717) is 0 Å². The number of likely N-dealkylation sites (N-methyl/N-ethyl adjacent to an activating group) is 1. The summed E-state index contributed by atoms with van der Waals surface area (Å²) in [5.41, 5.74) is 0. The molecule has 1 unspecified atom stereocenters. The van der Waals surface area contributed by atoms with Gasteiger partial charge in [-0.25, -0.2) is 0 Å². The van der Waals surface area contributed by atoms with Crippen LogP contribution in [0.1, 0.15) is 12.8 Å². The maximum atomic E-state index is 3.86. The minimum atomic E-state index is 0.779. The summed E-state index contributed by atoms with van der Waals surface area (Å²) in [7, 11) is 4.33. The average Bonchev–Trinajstić information content (AvgIpc) is 2.37. The number of rotatable bonds is 3. The first-order valence-electron chi connectivity index (χ1n) is 4.42. The van der Waals surface area contributed by atoms with Crippen molar-refractivity contribution < 1.29 is 0 Å². The van der Waals surface area contributed by atoms with E-state index in [9.17, 15) is 0 Å². The number of hydrogen-bond donors (Lipinski definition) is 0. The second kappa shape index (κ2) is 4.07. The second-order valence-corrected chi connectivity index (χ2v) is 3.56. The fourth-order valence-corrected chi connectivity index (χ4v) is 1.66. The molecular formula is C9H19N2. The van der Waals surface area contributed by atoms with Crippen LogP contribution in [0, 0.1) is 6.92 Å². The van der Waals surface area contributed by atoms with Crippen LogP contribution in [0.2, 0.25) is 0 Å². The van der Waals surface area contributed by atoms with Gasteiger partial charge in [-0.05, 0) is 40.0 Å². The summed E-state index contributed by atoms with van der Waals surface area (Å²) in [6.45, 7) is 7.54. The molecule has 0 spiro atoms. The van der Waals surface area contributed by atoms with Gasteiger partial charge in [0.1, 0.15) is 0 Å². The fraction of sp³-hybridized carbons (Fsp3) is 0.889. The maximum absolute atomic E-state index is 3.86. The van der Waals surface area contributed by atoms with Crippen LogP contribution in [-0.4, -0.2) is 49.6 Å². The molecule has 65 valence electrons. The number of nitrogens with zero attached hydrogens (tertiary/aromatic N) is 2. The van der Waals surface area contributed by atoms with Crippen molar-refractivity contribution in [2.45, 2.75) is 18.9 Å². The highest BCUT2D eigenvalue weighted by Crippen LogP contribution is 2.12. The molecule has 1 aliphatic rings. The predicted molar refractivity (Wildman–Crippen MR) is 48.5 cm³/mol. The maximum Gasteiger partial charge on any atom is 0.0229 e. The van der Waals surface area contributed by atoms with Crippen LogP contribution in [-0.2, 0) is 0 Å². The zero-order chi connectivity index (χ0) is 8.27. The van der Waals surface area contributed by atoms with Crippen molar-refractivity contribution in [2.75, 3.05) is 33.7 Å². The van der Waals surface area contributed by atoms with Crippen molar-refractivity contribution in [3.8, 4) is 0 Å². The highest BCUT2D eigenvalue weighted by atomic mass is 15.2. The Labute approximate surface area is 70.2 Å². The Morgan fingerprint density at radius 1 is 1.55 bits per heavy atom. The molecule has 1 radical (unpaired) electrons. The molecule has 0 aromatic carbocycles. The van der Waals surface area contributed by atoms with Crippen LogP contribution in [0.5, 0.6) is 0 Å². The van der Waals surface area contributed by atoms with Crippen molar-refractivity contribution in [3.63, 3.8) is 0 Å². The molecule has 0 bridgehead atoms. The molecular weight excluding hydrogens is 136 g/mol. The molecule has 0 N–H and O–H groups in total. The molecule has 0 aromatic rings. The van der Waals surface area contributed by atoms with Gasteiger partial charge >= 0.3 is 0 Å². The molecule has 11 heavy (non-hydrogen) atoms. The first kappa shape index (κ1) is 9.01. The summed E-state index contributed by atoms with van der Waals surface area (Å²) >= 11 is 0. The fourth-order valence-electron chi connectivity index (χ4n) is 1.66.